The predicted molar refractivity (Wildman–Crippen MR) is 139 cm³/mol. The van der Waals surface area contributed by atoms with Crippen molar-refractivity contribution in [1.82, 2.24) is 4.90 Å². The van der Waals surface area contributed by atoms with E-state index in [4.69, 9.17) is 21.7 Å². The van der Waals surface area contributed by atoms with Gasteiger partial charge in [-0.3, -0.25) is 14.5 Å². The number of hydrogen-bond acceptors (Lipinski definition) is 7. The van der Waals surface area contributed by atoms with Gasteiger partial charge in [-0.05, 0) is 67.8 Å². The van der Waals surface area contributed by atoms with E-state index >= 15 is 0 Å². The van der Waals surface area contributed by atoms with Gasteiger partial charge < -0.3 is 19.9 Å². The highest BCUT2D eigenvalue weighted by Gasteiger charge is 2.31. The number of carbonyl (C=O) groups is 2. The molecule has 3 rings (SSSR count). The number of thiocarbonyl (C=S) groups is 1. The van der Waals surface area contributed by atoms with Crippen molar-refractivity contribution in [2.75, 3.05) is 25.6 Å². The summed E-state index contributed by atoms with van der Waals surface area (Å²) in [7, 11) is 1.47. The Labute approximate surface area is 209 Å². The number of amides is 2. The van der Waals surface area contributed by atoms with Crippen LogP contribution in [0.4, 0.5) is 5.69 Å². The Hall–Kier alpha value is -3.04. The lowest BCUT2D eigenvalue weighted by molar-refractivity contribution is -0.122. The van der Waals surface area contributed by atoms with Gasteiger partial charge >= 0.3 is 0 Å². The van der Waals surface area contributed by atoms with Gasteiger partial charge in [0.2, 0.25) is 5.91 Å². The molecule has 0 unspecified atom stereocenters. The normalized spacial score (nSPS) is 14.5. The maximum absolute atomic E-state index is 12.8. The summed E-state index contributed by atoms with van der Waals surface area (Å²) in [6, 6.07) is 12.2. The summed E-state index contributed by atoms with van der Waals surface area (Å²) in [6.45, 7) is 3.04. The molecule has 0 bridgehead atoms. The van der Waals surface area contributed by atoms with Crippen molar-refractivity contribution in [1.29, 1.82) is 0 Å². The minimum absolute atomic E-state index is 0.0398. The van der Waals surface area contributed by atoms with Crippen LogP contribution in [0.25, 0.3) is 6.08 Å². The molecule has 0 radical (unpaired) electrons. The number of thioether (sulfide) groups is 1. The Bertz CT molecular complexity index is 1070. The Balaban J connectivity index is 1.42. The van der Waals surface area contributed by atoms with Crippen molar-refractivity contribution in [3.8, 4) is 17.2 Å². The Kier molecular flexibility index (Phi) is 9.35. The SMILES string of the molecule is CCOc1ccc(NC(=O)CCCCCN2C(=O)/C(=C/c3ccc(O)c(OC)c3)SC2=S)cc1. The molecule has 0 aliphatic carbocycles. The lowest BCUT2D eigenvalue weighted by Gasteiger charge is -2.14. The first-order chi connectivity index (χ1) is 16.4. The third-order valence-electron chi connectivity index (χ3n) is 5.11. The molecule has 34 heavy (non-hydrogen) atoms. The van der Waals surface area contributed by atoms with Crippen LogP contribution < -0.4 is 14.8 Å². The van der Waals surface area contributed by atoms with Crippen LogP contribution in [0.5, 0.6) is 17.2 Å². The van der Waals surface area contributed by atoms with Crippen LogP contribution in [0, 0.1) is 0 Å². The minimum atomic E-state index is -0.129. The molecule has 1 fully saturated rings. The van der Waals surface area contributed by atoms with E-state index in [0.29, 0.717) is 34.5 Å². The molecule has 9 heteroatoms. The average molecular weight is 501 g/mol. The topological polar surface area (TPSA) is 88.1 Å². The van der Waals surface area contributed by atoms with Crippen LogP contribution in [0.15, 0.2) is 47.4 Å². The van der Waals surface area contributed by atoms with Crippen molar-refractivity contribution in [3.05, 3.63) is 52.9 Å². The van der Waals surface area contributed by atoms with E-state index in [0.717, 1.165) is 36.3 Å². The first kappa shape index (κ1) is 25.6. The first-order valence-corrected chi connectivity index (χ1v) is 12.3. The first-order valence-electron chi connectivity index (χ1n) is 11.1. The van der Waals surface area contributed by atoms with Gasteiger partial charge in [0.05, 0.1) is 18.6 Å². The Morgan fingerprint density at radius 3 is 2.65 bits per heavy atom. The number of rotatable bonds is 11. The molecule has 2 aromatic rings. The molecule has 0 saturated carbocycles. The highest BCUT2D eigenvalue weighted by atomic mass is 32.2. The number of phenolic OH excluding ortho intramolecular Hbond substituents is 1. The molecular weight excluding hydrogens is 472 g/mol. The molecule has 180 valence electrons. The number of unbranched alkanes of at least 4 members (excludes halogenated alkanes) is 2. The third-order valence-corrected chi connectivity index (χ3v) is 6.49. The largest absolute Gasteiger partial charge is 0.504 e. The van der Waals surface area contributed by atoms with Gasteiger partial charge in [0.25, 0.3) is 5.91 Å². The van der Waals surface area contributed by atoms with E-state index in [1.807, 2.05) is 31.2 Å². The third kappa shape index (κ3) is 6.98. The lowest BCUT2D eigenvalue weighted by atomic mass is 10.1. The van der Waals surface area contributed by atoms with E-state index in [2.05, 4.69) is 5.32 Å². The summed E-state index contributed by atoms with van der Waals surface area (Å²) in [5.41, 5.74) is 1.48. The second kappa shape index (κ2) is 12.4. The van der Waals surface area contributed by atoms with Gasteiger partial charge in [0, 0.05) is 18.7 Å². The van der Waals surface area contributed by atoms with Crippen LogP contribution in [0.2, 0.25) is 0 Å². The lowest BCUT2D eigenvalue weighted by Crippen LogP contribution is -2.29. The van der Waals surface area contributed by atoms with Crippen molar-refractivity contribution < 1.29 is 24.2 Å². The number of benzene rings is 2. The van der Waals surface area contributed by atoms with E-state index < -0.39 is 0 Å². The molecule has 2 N–H and O–H groups in total. The Morgan fingerprint density at radius 1 is 1.18 bits per heavy atom. The van der Waals surface area contributed by atoms with Crippen LogP contribution in [-0.4, -0.2) is 46.4 Å². The minimum Gasteiger partial charge on any atom is -0.504 e. The number of hydrogen-bond donors (Lipinski definition) is 2. The summed E-state index contributed by atoms with van der Waals surface area (Å²) >= 11 is 6.65. The molecule has 1 aliphatic heterocycles. The van der Waals surface area contributed by atoms with Gasteiger partial charge in [-0.2, -0.15) is 0 Å². The number of nitrogens with zero attached hydrogens (tertiary/aromatic N) is 1. The molecule has 2 amide bonds. The number of methoxy groups -OCH3 is 1. The summed E-state index contributed by atoms with van der Waals surface area (Å²) in [4.78, 5) is 27.1. The highest BCUT2D eigenvalue weighted by molar-refractivity contribution is 8.26. The van der Waals surface area contributed by atoms with Crippen molar-refractivity contribution in [2.45, 2.75) is 32.6 Å². The smallest absolute Gasteiger partial charge is 0.266 e. The van der Waals surface area contributed by atoms with Crippen molar-refractivity contribution in [2.24, 2.45) is 0 Å². The number of anilines is 1. The number of ether oxygens (including phenoxy) is 2. The summed E-state index contributed by atoms with van der Waals surface area (Å²) in [5, 5.41) is 12.6. The van der Waals surface area contributed by atoms with Crippen molar-refractivity contribution in [3.63, 3.8) is 0 Å². The maximum Gasteiger partial charge on any atom is 0.266 e. The van der Waals surface area contributed by atoms with Crippen LogP contribution in [0.1, 0.15) is 38.2 Å². The summed E-state index contributed by atoms with van der Waals surface area (Å²) in [5.74, 6) is 0.988. The molecular formula is C25H28N2O5S2. The zero-order chi connectivity index (χ0) is 24.5. The number of carbonyl (C=O) groups excluding carboxylic acids is 2. The van der Waals surface area contributed by atoms with Gasteiger partial charge in [-0.15, -0.1) is 0 Å². The van der Waals surface area contributed by atoms with E-state index in [-0.39, 0.29) is 17.6 Å². The van der Waals surface area contributed by atoms with Gasteiger partial charge in [-0.25, -0.2) is 0 Å². The monoisotopic (exact) mass is 500 g/mol. The molecule has 0 aromatic heterocycles. The molecule has 0 spiro atoms. The molecule has 2 aromatic carbocycles. The molecule has 0 atom stereocenters. The highest BCUT2D eigenvalue weighted by Crippen LogP contribution is 2.34. The van der Waals surface area contributed by atoms with E-state index in [1.165, 1.54) is 24.9 Å². The second-order valence-corrected chi connectivity index (χ2v) is 9.26. The quantitative estimate of drug-likeness (QED) is 0.249. The van der Waals surface area contributed by atoms with Crippen LogP contribution in [0.3, 0.4) is 0 Å². The molecule has 1 aliphatic rings. The van der Waals surface area contributed by atoms with Gasteiger partial charge in [0.15, 0.2) is 11.5 Å². The fourth-order valence-electron chi connectivity index (χ4n) is 3.39. The van der Waals surface area contributed by atoms with Gasteiger partial charge in [-0.1, -0.05) is 36.5 Å². The number of aromatic hydroxyl groups is 1. The van der Waals surface area contributed by atoms with Crippen LogP contribution in [-0.2, 0) is 9.59 Å². The van der Waals surface area contributed by atoms with Gasteiger partial charge in [0.1, 0.15) is 10.1 Å². The van der Waals surface area contributed by atoms with E-state index in [9.17, 15) is 14.7 Å². The fraction of sp³-hybridized carbons (Fsp3) is 0.320. The number of phenols is 1. The van der Waals surface area contributed by atoms with Crippen molar-refractivity contribution >= 4 is 51.9 Å². The summed E-state index contributed by atoms with van der Waals surface area (Å²) < 4.78 is 11.0. The molecule has 1 saturated heterocycles. The zero-order valence-electron chi connectivity index (χ0n) is 19.2. The van der Waals surface area contributed by atoms with E-state index in [1.54, 1.807) is 23.1 Å². The fourth-order valence-corrected chi connectivity index (χ4v) is 4.69. The molecule has 7 nitrogen and oxygen atoms in total. The maximum atomic E-state index is 12.8. The second-order valence-electron chi connectivity index (χ2n) is 7.58. The molecule has 1 heterocycles. The van der Waals surface area contributed by atoms with Crippen LogP contribution >= 0.6 is 24.0 Å². The predicted octanol–water partition coefficient (Wildman–Crippen LogP) is 5.20. The average Bonchev–Trinajstić information content (AvgIpc) is 3.08. The Morgan fingerprint density at radius 2 is 1.94 bits per heavy atom. The summed E-state index contributed by atoms with van der Waals surface area (Å²) in [6.07, 6.45) is 4.44. The standard InChI is InChI=1S/C25H28N2O5S2/c1-3-32-19-11-9-18(10-12-19)26-23(29)7-5-4-6-14-27-24(30)22(34-25(27)33)16-17-8-13-20(28)21(15-17)31-2/h8-13,15-16,28H,3-7,14H2,1-2H3,(H,26,29)/b22-16-. The number of nitrogens with one attached hydrogen (secondary N) is 1. The zero-order valence-corrected chi connectivity index (χ0v) is 20.8.